The van der Waals surface area contributed by atoms with Crippen LogP contribution in [0.25, 0.3) is 10.9 Å². The number of fused-ring (bicyclic) bond motifs is 1. The maximum absolute atomic E-state index is 6.06. The predicted octanol–water partition coefficient (Wildman–Crippen LogP) is 3.51. The Balaban J connectivity index is 2.05. The van der Waals surface area contributed by atoms with E-state index >= 15 is 0 Å². The number of halogens is 1. The van der Waals surface area contributed by atoms with Gasteiger partial charge in [0.1, 0.15) is 10.5 Å². The van der Waals surface area contributed by atoms with Crippen LogP contribution in [0.15, 0.2) is 42.7 Å². The Labute approximate surface area is 120 Å². The van der Waals surface area contributed by atoms with E-state index in [0.717, 1.165) is 10.9 Å². The van der Waals surface area contributed by atoms with Crippen molar-refractivity contribution in [3.05, 3.63) is 47.7 Å². The van der Waals surface area contributed by atoms with Crippen LogP contribution in [0.1, 0.15) is 0 Å². The molecule has 1 aromatic carbocycles. The maximum Gasteiger partial charge on any atom is 0.243 e. The number of benzene rings is 1. The predicted molar refractivity (Wildman–Crippen MR) is 78.4 cm³/mol. The van der Waals surface area contributed by atoms with E-state index < -0.39 is 0 Å². The average Bonchev–Trinajstić information content (AvgIpc) is 2.50. The molecule has 1 N–H and O–H groups in total. The summed E-state index contributed by atoms with van der Waals surface area (Å²) in [5.41, 5.74) is 0.760. The fourth-order valence-corrected chi connectivity index (χ4v) is 1.94. The van der Waals surface area contributed by atoms with Crippen LogP contribution in [-0.2, 0) is 0 Å². The minimum atomic E-state index is 0.296. The number of pyridine rings is 1. The summed E-state index contributed by atoms with van der Waals surface area (Å²) >= 11 is 6.06. The van der Waals surface area contributed by atoms with E-state index in [0.29, 0.717) is 22.6 Å². The first-order valence-electron chi connectivity index (χ1n) is 6.00. The van der Waals surface area contributed by atoms with Crippen molar-refractivity contribution in [2.45, 2.75) is 0 Å². The molecule has 0 amide bonds. The third-order valence-electron chi connectivity index (χ3n) is 2.74. The lowest BCUT2D eigenvalue weighted by atomic mass is 10.2. The van der Waals surface area contributed by atoms with E-state index in [2.05, 4.69) is 20.3 Å². The summed E-state index contributed by atoms with van der Waals surface area (Å²) in [6, 6.07) is 9.54. The van der Waals surface area contributed by atoms with Gasteiger partial charge in [0.25, 0.3) is 0 Å². The van der Waals surface area contributed by atoms with E-state index in [1.807, 2.05) is 30.3 Å². The Morgan fingerprint density at radius 3 is 2.85 bits per heavy atom. The van der Waals surface area contributed by atoms with E-state index in [1.165, 1.54) is 6.20 Å². The number of para-hydroxylation sites is 1. The van der Waals surface area contributed by atoms with Gasteiger partial charge in [-0.2, -0.15) is 4.98 Å². The van der Waals surface area contributed by atoms with Gasteiger partial charge < -0.3 is 10.1 Å². The molecule has 2 aromatic heterocycles. The van der Waals surface area contributed by atoms with Crippen LogP contribution in [0, 0.1) is 0 Å². The standard InChI is InChI=1S/C14H11ClN4O/c1-16-14-18-8-10(15)13(19-14)20-11-6-2-4-9-5-3-7-17-12(9)11/h2-8H,1H3,(H,16,18,19). The number of nitrogens with one attached hydrogen (secondary N) is 1. The minimum Gasteiger partial charge on any atom is -0.435 e. The molecule has 0 aliphatic rings. The monoisotopic (exact) mass is 286 g/mol. The molecule has 0 aliphatic carbocycles. The maximum atomic E-state index is 6.06. The number of nitrogens with zero attached hydrogens (tertiary/aromatic N) is 3. The van der Waals surface area contributed by atoms with Crippen molar-refractivity contribution in [2.24, 2.45) is 0 Å². The minimum absolute atomic E-state index is 0.296. The lowest BCUT2D eigenvalue weighted by molar-refractivity contribution is 0.467. The topological polar surface area (TPSA) is 59.9 Å². The van der Waals surface area contributed by atoms with Gasteiger partial charge in [0.05, 0.1) is 6.20 Å². The van der Waals surface area contributed by atoms with Gasteiger partial charge in [0.15, 0.2) is 5.75 Å². The molecule has 3 aromatic rings. The second-order valence-corrected chi connectivity index (χ2v) is 4.44. The average molecular weight is 287 g/mol. The van der Waals surface area contributed by atoms with Crippen molar-refractivity contribution in [1.82, 2.24) is 15.0 Å². The molecule has 0 aliphatic heterocycles. The van der Waals surface area contributed by atoms with E-state index in [9.17, 15) is 0 Å². The van der Waals surface area contributed by atoms with Gasteiger partial charge >= 0.3 is 0 Å². The highest BCUT2D eigenvalue weighted by atomic mass is 35.5. The fourth-order valence-electron chi connectivity index (χ4n) is 1.81. The van der Waals surface area contributed by atoms with E-state index in [-0.39, 0.29) is 0 Å². The van der Waals surface area contributed by atoms with Crippen molar-refractivity contribution >= 4 is 28.5 Å². The molecule has 20 heavy (non-hydrogen) atoms. The van der Waals surface area contributed by atoms with Crippen LogP contribution in [0.5, 0.6) is 11.6 Å². The van der Waals surface area contributed by atoms with Gasteiger partial charge in [-0.25, -0.2) is 4.98 Å². The van der Waals surface area contributed by atoms with Crippen molar-refractivity contribution in [3.63, 3.8) is 0 Å². The normalized spacial score (nSPS) is 10.5. The molecular weight excluding hydrogens is 276 g/mol. The van der Waals surface area contributed by atoms with Crippen LogP contribution in [0.2, 0.25) is 5.02 Å². The summed E-state index contributed by atoms with van der Waals surface area (Å²) in [7, 11) is 1.73. The SMILES string of the molecule is CNc1ncc(Cl)c(Oc2cccc3cccnc23)n1. The lowest BCUT2D eigenvalue weighted by Crippen LogP contribution is -1.98. The smallest absolute Gasteiger partial charge is 0.243 e. The first-order valence-corrected chi connectivity index (χ1v) is 6.37. The van der Waals surface area contributed by atoms with Crippen molar-refractivity contribution in [1.29, 1.82) is 0 Å². The first-order chi connectivity index (χ1) is 9.78. The molecule has 5 nitrogen and oxygen atoms in total. The molecule has 6 heteroatoms. The van der Waals surface area contributed by atoms with E-state index in [1.54, 1.807) is 13.2 Å². The summed E-state index contributed by atoms with van der Waals surface area (Å²) in [6.07, 6.45) is 3.21. The Hall–Kier alpha value is -2.40. The van der Waals surface area contributed by atoms with Gasteiger partial charge in [-0.05, 0) is 12.1 Å². The molecule has 0 atom stereocenters. The summed E-state index contributed by atoms with van der Waals surface area (Å²) < 4.78 is 5.78. The summed E-state index contributed by atoms with van der Waals surface area (Å²) in [5, 5.41) is 4.18. The molecule has 0 unspecified atom stereocenters. The van der Waals surface area contributed by atoms with Crippen LogP contribution in [0.4, 0.5) is 5.95 Å². The molecule has 3 rings (SSSR count). The quantitative estimate of drug-likeness (QED) is 0.798. The molecular formula is C14H11ClN4O. The number of aromatic nitrogens is 3. The fraction of sp³-hybridized carbons (Fsp3) is 0.0714. The third kappa shape index (κ3) is 2.35. The number of anilines is 1. The van der Waals surface area contributed by atoms with Crippen LogP contribution < -0.4 is 10.1 Å². The van der Waals surface area contributed by atoms with Gasteiger partial charge in [-0.3, -0.25) is 4.98 Å². The molecule has 0 bridgehead atoms. The van der Waals surface area contributed by atoms with Crippen molar-refractivity contribution in [2.75, 3.05) is 12.4 Å². The molecule has 0 saturated carbocycles. The number of hydrogen-bond donors (Lipinski definition) is 1. The number of hydrogen-bond acceptors (Lipinski definition) is 5. The zero-order chi connectivity index (χ0) is 13.9. The number of ether oxygens (including phenoxy) is 1. The Bertz CT molecular complexity index is 758. The molecule has 2 heterocycles. The third-order valence-corrected chi connectivity index (χ3v) is 3.00. The van der Waals surface area contributed by atoms with Gasteiger partial charge in [-0.1, -0.05) is 29.8 Å². The zero-order valence-electron chi connectivity index (χ0n) is 10.7. The van der Waals surface area contributed by atoms with Crippen LogP contribution >= 0.6 is 11.6 Å². The van der Waals surface area contributed by atoms with Gasteiger partial charge in [0.2, 0.25) is 11.8 Å². The second-order valence-electron chi connectivity index (χ2n) is 4.03. The van der Waals surface area contributed by atoms with Crippen molar-refractivity contribution < 1.29 is 4.74 Å². The highest BCUT2D eigenvalue weighted by molar-refractivity contribution is 6.31. The lowest BCUT2D eigenvalue weighted by Gasteiger charge is -2.09. The van der Waals surface area contributed by atoms with E-state index in [4.69, 9.17) is 16.3 Å². The molecule has 0 spiro atoms. The summed E-state index contributed by atoms with van der Waals surface area (Å²) in [4.78, 5) is 12.5. The Kier molecular flexibility index (Phi) is 3.35. The largest absolute Gasteiger partial charge is 0.435 e. The zero-order valence-corrected chi connectivity index (χ0v) is 11.4. The molecule has 0 fully saturated rings. The van der Waals surface area contributed by atoms with Crippen LogP contribution in [0.3, 0.4) is 0 Å². The highest BCUT2D eigenvalue weighted by Crippen LogP contribution is 2.31. The molecule has 0 radical (unpaired) electrons. The molecule has 0 saturated heterocycles. The summed E-state index contributed by atoms with van der Waals surface area (Å²) in [5.74, 6) is 1.34. The first kappa shape index (κ1) is 12.6. The van der Waals surface area contributed by atoms with Crippen molar-refractivity contribution in [3.8, 4) is 11.6 Å². The highest BCUT2D eigenvalue weighted by Gasteiger charge is 2.10. The second kappa shape index (κ2) is 5.30. The van der Waals surface area contributed by atoms with Gasteiger partial charge in [-0.15, -0.1) is 0 Å². The Morgan fingerprint density at radius 1 is 1.15 bits per heavy atom. The number of rotatable bonds is 3. The summed E-state index contributed by atoms with van der Waals surface area (Å²) in [6.45, 7) is 0. The Morgan fingerprint density at radius 2 is 2.00 bits per heavy atom. The van der Waals surface area contributed by atoms with Crippen LogP contribution in [-0.4, -0.2) is 22.0 Å². The molecule has 100 valence electrons. The van der Waals surface area contributed by atoms with Gasteiger partial charge in [0, 0.05) is 18.6 Å².